The van der Waals surface area contributed by atoms with Gasteiger partial charge in [-0.05, 0) is 25.1 Å². The number of thioether (sulfide) groups is 1. The van der Waals surface area contributed by atoms with Gasteiger partial charge in [0.05, 0.1) is 5.25 Å². The van der Waals surface area contributed by atoms with Gasteiger partial charge in [0.15, 0.2) is 0 Å². The highest BCUT2D eigenvalue weighted by molar-refractivity contribution is 8.04. The lowest BCUT2D eigenvalue weighted by Gasteiger charge is -2.20. The molecule has 0 amide bonds. The number of hydrogen-bond donors (Lipinski definition) is 0. The highest BCUT2D eigenvalue weighted by atomic mass is 32.2. The summed E-state index contributed by atoms with van der Waals surface area (Å²) in [5, 5.41) is 10.8. The van der Waals surface area contributed by atoms with Crippen molar-refractivity contribution in [1.29, 1.82) is 5.26 Å². The quantitative estimate of drug-likeness (QED) is 0.382. The molecule has 0 saturated heterocycles. The first-order valence-corrected chi connectivity index (χ1v) is 6.21. The van der Waals surface area contributed by atoms with Crippen molar-refractivity contribution in [2.75, 3.05) is 0 Å². The number of carbonyl (C=O) groups is 1. The van der Waals surface area contributed by atoms with E-state index < -0.39 is 0 Å². The van der Waals surface area contributed by atoms with Crippen LogP contribution in [0.5, 0.6) is 0 Å². The second kappa shape index (κ2) is 8.60. The lowest BCUT2D eigenvalue weighted by atomic mass is 10.1. The SMILES string of the molecule is CCCCC[C@H](SC#N)[C@@H](C)OC(C)=O. The predicted octanol–water partition coefficient (Wildman–Crippen LogP) is 3.10. The van der Waals surface area contributed by atoms with Gasteiger partial charge in [-0.2, -0.15) is 5.26 Å². The Bertz CT molecular complexity index is 225. The molecule has 0 heterocycles. The summed E-state index contributed by atoms with van der Waals surface area (Å²) in [6, 6.07) is 0. The van der Waals surface area contributed by atoms with E-state index in [1.165, 1.54) is 18.7 Å². The molecule has 15 heavy (non-hydrogen) atoms. The standard InChI is InChI=1S/C11H19NO2S/c1-4-5-6-7-11(15-8-12)9(2)14-10(3)13/h9,11H,4-7H2,1-3H3/t9-,11+/m1/s1. The molecule has 0 saturated carbocycles. The lowest BCUT2D eigenvalue weighted by molar-refractivity contribution is -0.145. The maximum atomic E-state index is 10.8. The van der Waals surface area contributed by atoms with Crippen LogP contribution in [0.25, 0.3) is 0 Å². The van der Waals surface area contributed by atoms with Crippen LogP contribution in [-0.2, 0) is 9.53 Å². The topological polar surface area (TPSA) is 50.1 Å². The monoisotopic (exact) mass is 229 g/mol. The average Bonchev–Trinajstić information content (AvgIpc) is 2.15. The zero-order valence-electron chi connectivity index (χ0n) is 9.66. The fourth-order valence-electron chi connectivity index (χ4n) is 1.39. The average molecular weight is 229 g/mol. The lowest BCUT2D eigenvalue weighted by Crippen LogP contribution is -2.25. The van der Waals surface area contributed by atoms with Crippen molar-refractivity contribution < 1.29 is 9.53 Å². The molecule has 0 bridgehead atoms. The molecular formula is C11H19NO2S. The van der Waals surface area contributed by atoms with E-state index in [0.717, 1.165) is 25.7 Å². The number of nitriles is 1. The van der Waals surface area contributed by atoms with Crippen molar-refractivity contribution in [3.05, 3.63) is 0 Å². The largest absolute Gasteiger partial charge is 0.462 e. The molecule has 0 aliphatic heterocycles. The van der Waals surface area contributed by atoms with Crippen molar-refractivity contribution >= 4 is 17.7 Å². The van der Waals surface area contributed by atoms with Gasteiger partial charge in [-0.25, -0.2) is 0 Å². The van der Waals surface area contributed by atoms with Gasteiger partial charge in [0, 0.05) is 6.92 Å². The van der Waals surface area contributed by atoms with E-state index in [-0.39, 0.29) is 17.3 Å². The van der Waals surface area contributed by atoms with Crippen LogP contribution >= 0.6 is 11.8 Å². The molecule has 0 unspecified atom stereocenters. The number of hydrogen-bond acceptors (Lipinski definition) is 4. The van der Waals surface area contributed by atoms with E-state index in [1.807, 2.05) is 6.92 Å². The van der Waals surface area contributed by atoms with Crippen LogP contribution in [0, 0.1) is 10.7 Å². The highest BCUT2D eigenvalue weighted by Gasteiger charge is 2.20. The van der Waals surface area contributed by atoms with Crippen LogP contribution < -0.4 is 0 Å². The summed E-state index contributed by atoms with van der Waals surface area (Å²) in [6.45, 7) is 5.39. The van der Waals surface area contributed by atoms with Crippen molar-refractivity contribution in [2.45, 2.75) is 57.8 Å². The van der Waals surface area contributed by atoms with Crippen molar-refractivity contribution in [2.24, 2.45) is 0 Å². The summed E-state index contributed by atoms with van der Waals surface area (Å²) < 4.78 is 5.08. The Hall–Kier alpha value is -0.690. The third kappa shape index (κ3) is 7.26. The molecule has 0 aromatic heterocycles. The molecule has 3 nitrogen and oxygen atoms in total. The fourth-order valence-corrected chi connectivity index (χ4v) is 2.06. The maximum Gasteiger partial charge on any atom is 0.302 e. The van der Waals surface area contributed by atoms with Gasteiger partial charge in [-0.1, -0.05) is 26.2 Å². The summed E-state index contributed by atoms with van der Waals surface area (Å²) in [5.41, 5.74) is 0. The zero-order chi connectivity index (χ0) is 11.7. The minimum atomic E-state index is -0.276. The Morgan fingerprint density at radius 3 is 2.67 bits per heavy atom. The first-order chi connectivity index (χ1) is 7.11. The maximum absolute atomic E-state index is 10.8. The number of thiocyanates is 1. The summed E-state index contributed by atoms with van der Waals surface area (Å²) in [6.07, 6.45) is 4.16. The first kappa shape index (κ1) is 14.3. The van der Waals surface area contributed by atoms with E-state index in [4.69, 9.17) is 10.00 Å². The van der Waals surface area contributed by atoms with Crippen LogP contribution in [0.2, 0.25) is 0 Å². The first-order valence-electron chi connectivity index (χ1n) is 5.33. The van der Waals surface area contributed by atoms with Gasteiger partial charge in [0.25, 0.3) is 0 Å². The number of unbranched alkanes of at least 4 members (excludes halogenated alkanes) is 2. The number of ether oxygens (including phenoxy) is 1. The molecule has 4 heteroatoms. The zero-order valence-corrected chi connectivity index (χ0v) is 10.5. The molecule has 0 aliphatic rings. The van der Waals surface area contributed by atoms with E-state index in [9.17, 15) is 4.79 Å². The molecule has 2 atom stereocenters. The minimum Gasteiger partial charge on any atom is -0.462 e. The van der Waals surface area contributed by atoms with Crippen molar-refractivity contribution in [3.8, 4) is 5.40 Å². The van der Waals surface area contributed by atoms with Crippen LogP contribution in [0.15, 0.2) is 0 Å². The van der Waals surface area contributed by atoms with E-state index in [0.29, 0.717) is 0 Å². The summed E-state index contributed by atoms with van der Waals surface area (Å²) in [4.78, 5) is 10.8. The second-order valence-electron chi connectivity index (χ2n) is 3.56. The van der Waals surface area contributed by atoms with Crippen molar-refractivity contribution in [3.63, 3.8) is 0 Å². The Balaban J connectivity index is 4.01. The van der Waals surface area contributed by atoms with Crippen molar-refractivity contribution in [1.82, 2.24) is 0 Å². The normalized spacial score (nSPS) is 14.0. The Kier molecular flexibility index (Phi) is 8.21. The smallest absolute Gasteiger partial charge is 0.302 e. The number of rotatable bonds is 7. The van der Waals surface area contributed by atoms with Crippen LogP contribution in [0.3, 0.4) is 0 Å². The van der Waals surface area contributed by atoms with E-state index >= 15 is 0 Å². The third-order valence-electron chi connectivity index (χ3n) is 2.17. The Morgan fingerprint density at radius 2 is 2.20 bits per heavy atom. The van der Waals surface area contributed by atoms with Crippen LogP contribution in [0.4, 0.5) is 0 Å². The molecule has 0 spiro atoms. The molecule has 86 valence electrons. The molecule has 0 aromatic carbocycles. The van der Waals surface area contributed by atoms with Gasteiger partial charge in [0.2, 0.25) is 0 Å². The van der Waals surface area contributed by atoms with E-state index in [1.54, 1.807) is 0 Å². The van der Waals surface area contributed by atoms with E-state index in [2.05, 4.69) is 12.3 Å². The second-order valence-corrected chi connectivity index (χ2v) is 4.58. The molecule has 0 rings (SSSR count). The third-order valence-corrected chi connectivity index (χ3v) is 3.20. The number of nitrogens with zero attached hydrogens (tertiary/aromatic N) is 1. The summed E-state index contributed by atoms with van der Waals surface area (Å²) in [7, 11) is 0. The van der Waals surface area contributed by atoms with Gasteiger partial charge in [0.1, 0.15) is 11.5 Å². The van der Waals surface area contributed by atoms with Gasteiger partial charge in [-0.15, -0.1) is 0 Å². The van der Waals surface area contributed by atoms with Gasteiger partial charge >= 0.3 is 5.97 Å². The Morgan fingerprint density at radius 1 is 1.53 bits per heavy atom. The van der Waals surface area contributed by atoms with Crippen LogP contribution in [-0.4, -0.2) is 17.3 Å². The molecular weight excluding hydrogens is 210 g/mol. The fraction of sp³-hybridized carbons (Fsp3) is 0.818. The molecule has 0 radical (unpaired) electrons. The number of esters is 1. The molecule has 0 fully saturated rings. The van der Waals surface area contributed by atoms with Gasteiger partial charge < -0.3 is 4.74 Å². The Labute approximate surface area is 96.2 Å². The molecule has 0 N–H and O–H groups in total. The minimum absolute atomic E-state index is 0.102. The highest BCUT2D eigenvalue weighted by Crippen LogP contribution is 2.22. The van der Waals surface area contributed by atoms with Gasteiger partial charge in [-0.3, -0.25) is 4.79 Å². The summed E-state index contributed by atoms with van der Waals surface area (Å²) in [5.74, 6) is -0.276. The molecule has 0 aromatic rings. The predicted molar refractivity (Wildman–Crippen MR) is 62.4 cm³/mol. The summed E-state index contributed by atoms with van der Waals surface area (Å²) >= 11 is 1.21. The molecule has 0 aliphatic carbocycles. The van der Waals surface area contributed by atoms with Crippen LogP contribution in [0.1, 0.15) is 46.5 Å². The number of carbonyl (C=O) groups excluding carboxylic acids is 1.